The Morgan fingerprint density at radius 1 is 1.60 bits per heavy atom. The minimum atomic E-state index is 0.218. The van der Waals surface area contributed by atoms with Gasteiger partial charge in [0.25, 0.3) is 0 Å². The van der Waals surface area contributed by atoms with Crippen molar-refractivity contribution in [2.24, 2.45) is 5.18 Å². The number of rotatable bonds is 4. The van der Waals surface area contributed by atoms with E-state index in [0.717, 1.165) is 6.21 Å². The maximum Gasteiger partial charge on any atom is 0.109 e. The molecule has 0 saturated carbocycles. The largest absolute Gasteiger partial charge is 0.309 e. The first-order valence-electron chi connectivity index (χ1n) is 2.68. The highest BCUT2D eigenvalue weighted by molar-refractivity contribution is 5.69. The molecule has 52 valence electrons. The molecule has 0 rings (SSSR count). The smallest absolute Gasteiger partial charge is 0.109 e. The van der Waals surface area contributed by atoms with Crippen LogP contribution in [0.4, 0.5) is 0 Å². The third kappa shape index (κ3) is 3.49. The van der Waals surface area contributed by atoms with Gasteiger partial charge in [-0.25, -0.2) is 0 Å². The lowest BCUT2D eigenvalue weighted by molar-refractivity contribution is 1.39. The van der Waals surface area contributed by atoms with Gasteiger partial charge in [0.2, 0.25) is 0 Å². The van der Waals surface area contributed by atoms with Crippen molar-refractivity contribution in [3.63, 3.8) is 0 Å². The van der Waals surface area contributed by atoms with Crippen LogP contribution in [-0.4, -0.2) is 6.21 Å². The van der Waals surface area contributed by atoms with Gasteiger partial charge < -0.3 is 5.41 Å². The van der Waals surface area contributed by atoms with E-state index in [1.54, 1.807) is 6.08 Å². The summed E-state index contributed by atoms with van der Waals surface area (Å²) in [6.07, 6.45) is 6.89. The minimum absolute atomic E-state index is 0.218. The maximum atomic E-state index is 9.89. The molecule has 0 unspecified atom stereocenters. The predicted molar refractivity (Wildman–Crippen MR) is 42.0 cm³/mol. The van der Waals surface area contributed by atoms with Crippen molar-refractivity contribution >= 4 is 6.21 Å². The molecule has 0 aromatic carbocycles. The van der Waals surface area contributed by atoms with Crippen LogP contribution in [0.25, 0.3) is 0 Å². The maximum absolute atomic E-state index is 9.89. The lowest BCUT2D eigenvalue weighted by Crippen LogP contribution is -1.69. The van der Waals surface area contributed by atoms with E-state index in [4.69, 9.17) is 5.41 Å². The molecule has 0 aliphatic rings. The normalized spacial score (nSPS) is 11.4. The van der Waals surface area contributed by atoms with E-state index in [0.29, 0.717) is 0 Å². The first-order valence-corrected chi connectivity index (χ1v) is 2.68. The SMILES string of the molecule is C=C/C=C\C(=C/C=N)N=O. The van der Waals surface area contributed by atoms with Crippen molar-refractivity contribution in [1.82, 2.24) is 0 Å². The van der Waals surface area contributed by atoms with E-state index in [1.807, 2.05) is 0 Å². The zero-order valence-electron chi connectivity index (χ0n) is 5.45. The third-order valence-electron chi connectivity index (χ3n) is 0.763. The molecule has 3 heteroatoms. The Morgan fingerprint density at radius 2 is 2.30 bits per heavy atom. The summed E-state index contributed by atoms with van der Waals surface area (Å²) in [6.45, 7) is 3.41. The van der Waals surface area contributed by atoms with Crippen LogP contribution >= 0.6 is 0 Å². The number of nitroso groups, excluding NO2 is 1. The third-order valence-corrected chi connectivity index (χ3v) is 0.763. The predicted octanol–water partition coefficient (Wildman–Crippen LogP) is 2.03. The van der Waals surface area contributed by atoms with E-state index < -0.39 is 0 Å². The van der Waals surface area contributed by atoms with Crippen molar-refractivity contribution in [3.8, 4) is 0 Å². The summed E-state index contributed by atoms with van der Waals surface area (Å²) in [5, 5.41) is 9.25. The lowest BCUT2D eigenvalue weighted by atomic mass is 10.3. The molecule has 10 heavy (non-hydrogen) atoms. The molecule has 0 aromatic heterocycles. The van der Waals surface area contributed by atoms with Crippen LogP contribution in [0, 0.1) is 10.3 Å². The van der Waals surface area contributed by atoms with Gasteiger partial charge in [0, 0.05) is 6.21 Å². The number of hydrogen-bond donors (Lipinski definition) is 1. The van der Waals surface area contributed by atoms with Gasteiger partial charge in [0.1, 0.15) is 5.70 Å². The molecule has 0 spiro atoms. The van der Waals surface area contributed by atoms with Gasteiger partial charge in [-0.15, -0.1) is 4.91 Å². The number of nitrogens with one attached hydrogen (secondary N) is 1. The highest BCUT2D eigenvalue weighted by Crippen LogP contribution is 1.95. The van der Waals surface area contributed by atoms with E-state index in [-0.39, 0.29) is 5.70 Å². The highest BCUT2D eigenvalue weighted by Gasteiger charge is 1.83. The second-order valence-electron chi connectivity index (χ2n) is 1.44. The van der Waals surface area contributed by atoms with Crippen molar-refractivity contribution < 1.29 is 0 Å². The topological polar surface area (TPSA) is 53.3 Å². The molecule has 0 saturated heterocycles. The Kier molecular flexibility index (Phi) is 4.77. The van der Waals surface area contributed by atoms with Crippen molar-refractivity contribution in [2.45, 2.75) is 0 Å². The summed E-state index contributed by atoms with van der Waals surface area (Å²) in [7, 11) is 0. The average molecular weight is 136 g/mol. The van der Waals surface area contributed by atoms with Crippen LogP contribution < -0.4 is 0 Å². The summed E-state index contributed by atoms with van der Waals surface area (Å²) in [5.41, 5.74) is 0.218. The van der Waals surface area contributed by atoms with Gasteiger partial charge in [-0.2, -0.15) is 0 Å². The van der Waals surface area contributed by atoms with E-state index in [2.05, 4.69) is 11.8 Å². The van der Waals surface area contributed by atoms with Crippen molar-refractivity contribution in [1.29, 1.82) is 5.41 Å². The first kappa shape index (κ1) is 8.49. The summed E-state index contributed by atoms with van der Waals surface area (Å²) >= 11 is 0. The summed E-state index contributed by atoms with van der Waals surface area (Å²) in [6, 6.07) is 0. The molecule has 0 radical (unpaired) electrons. The highest BCUT2D eigenvalue weighted by atomic mass is 16.3. The van der Waals surface area contributed by atoms with Gasteiger partial charge in [-0.1, -0.05) is 18.7 Å². The standard InChI is InChI=1S/C7H8N2O/c1-2-3-4-7(9-10)5-6-8/h2-6,8H,1H2/b4-3-,7-5+,8-6?. The molecule has 3 nitrogen and oxygen atoms in total. The zero-order chi connectivity index (χ0) is 7.82. The molecule has 0 aromatic rings. The van der Waals surface area contributed by atoms with Crippen LogP contribution in [0.1, 0.15) is 0 Å². The second kappa shape index (κ2) is 5.62. The molecule has 0 fully saturated rings. The van der Waals surface area contributed by atoms with Crippen LogP contribution in [-0.2, 0) is 0 Å². The molecular weight excluding hydrogens is 128 g/mol. The summed E-state index contributed by atoms with van der Waals surface area (Å²) in [4.78, 5) is 9.89. The molecule has 0 amide bonds. The Balaban J connectivity index is 4.20. The Bertz CT molecular complexity index is 192. The first-order chi connectivity index (χ1) is 4.85. The number of allylic oxidation sites excluding steroid dienone is 4. The van der Waals surface area contributed by atoms with Crippen molar-refractivity contribution in [3.05, 3.63) is 41.5 Å². The molecule has 0 heterocycles. The summed E-state index contributed by atoms with van der Waals surface area (Å²) in [5.74, 6) is 0. The fraction of sp³-hybridized carbons (Fsp3) is 0. The Labute approximate surface area is 59.2 Å². The average Bonchev–Trinajstić information content (AvgIpc) is 1.98. The van der Waals surface area contributed by atoms with E-state index >= 15 is 0 Å². The van der Waals surface area contributed by atoms with Gasteiger partial charge in [-0.05, 0) is 17.3 Å². The van der Waals surface area contributed by atoms with Gasteiger partial charge in [0.05, 0.1) is 0 Å². The van der Waals surface area contributed by atoms with Crippen LogP contribution in [0.2, 0.25) is 0 Å². The van der Waals surface area contributed by atoms with Crippen LogP contribution in [0.3, 0.4) is 0 Å². The molecule has 1 N–H and O–H groups in total. The van der Waals surface area contributed by atoms with E-state index in [9.17, 15) is 4.91 Å². The Morgan fingerprint density at radius 3 is 2.70 bits per heavy atom. The Hall–Kier alpha value is -1.51. The quantitative estimate of drug-likeness (QED) is 0.359. The number of nitrogens with zero attached hydrogens (tertiary/aromatic N) is 1. The fourth-order valence-corrected chi connectivity index (χ4v) is 0.368. The van der Waals surface area contributed by atoms with Gasteiger partial charge >= 0.3 is 0 Å². The number of hydrogen-bond acceptors (Lipinski definition) is 3. The fourth-order valence-electron chi connectivity index (χ4n) is 0.368. The zero-order valence-corrected chi connectivity index (χ0v) is 5.45. The minimum Gasteiger partial charge on any atom is -0.309 e. The molecule has 0 atom stereocenters. The van der Waals surface area contributed by atoms with Crippen molar-refractivity contribution in [2.75, 3.05) is 0 Å². The van der Waals surface area contributed by atoms with E-state index in [1.165, 1.54) is 18.2 Å². The molecule has 0 aliphatic heterocycles. The van der Waals surface area contributed by atoms with Crippen LogP contribution in [0.5, 0.6) is 0 Å². The second-order valence-corrected chi connectivity index (χ2v) is 1.44. The monoisotopic (exact) mass is 136 g/mol. The van der Waals surface area contributed by atoms with Crippen LogP contribution in [0.15, 0.2) is 41.8 Å². The molecular formula is C7H8N2O. The van der Waals surface area contributed by atoms with Gasteiger partial charge in [-0.3, -0.25) is 0 Å². The lowest BCUT2D eigenvalue weighted by Gasteiger charge is -1.80. The molecule has 0 aliphatic carbocycles. The molecule has 0 bridgehead atoms. The summed E-state index contributed by atoms with van der Waals surface area (Å²) < 4.78 is 0. The van der Waals surface area contributed by atoms with Gasteiger partial charge in [0.15, 0.2) is 0 Å².